The van der Waals surface area contributed by atoms with Crippen LogP contribution in [-0.4, -0.2) is 10.2 Å². The molecule has 1 saturated carbocycles. The zero-order chi connectivity index (χ0) is 8.39. The van der Waals surface area contributed by atoms with E-state index in [0.717, 1.165) is 5.25 Å². The van der Waals surface area contributed by atoms with Gasteiger partial charge in [-0.1, -0.05) is 0 Å². The largest absolute Gasteiger partial charge is 0.244 e. The summed E-state index contributed by atoms with van der Waals surface area (Å²) in [5.41, 5.74) is 0.496. The Labute approximate surface area is 75.6 Å². The molecule has 0 aliphatic heterocycles. The summed E-state index contributed by atoms with van der Waals surface area (Å²) in [6.45, 7) is 0. The average molecular weight is 176 g/mol. The molecule has 1 fully saturated rings. The van der Waals surface area contributed by atoms with Crippen molar-refractivity contribution in [3.63, 3.8) is 0 Å². The van der Waals surface area contributed by atoms with Gasteiger partial charge in [-0.15, -0.1) is 11.8 Å². The van der Waals surface area contributed by atoms with Gasteiger partial charge in [0, 0.05) is 16.3 Å². The summed E-state index contributed by atoms with van der Waals surface area (Å²) < 4.78 is 0. The van der Waals surface area contributed by atoms with Crippen LogP contribution in [0.15, 0.2) is 23.2 Å². The van der Waals surface area contributed by atoms with Crippen molar-refractivity contribution in [3.8, 4) is 6.07 Å². The number of nitriles is 1. The van der Waals surface area contributed by atoms with E-state index in [4.69, 9.17) is 5.26 Å². The number of pyridine rings is 1. The summed E-state index contributed by atoms with van der Waals surface area (Å²) >= 11 is 1.86. The van der Waals surface area contributed by atoms with Gasteiger partial charge < -0.3 is 0 Å². The van der Waals surface area contributed by atoms with Crippen LogP contribution >= 0.6 is 11.8 Å². The molecule has 0 aromatic carbocycles. The fourth-order valence-electron chi connectivity index (χ4n) is 0.894. The Morgan fingerprint density at radius 1 is 1.50 bits per heavy atom. The van der Waals surface area contributed by atoms with E-state index in [1.165, 1.54) is 17.7 Å². The van der Waals surface area contributed by atoms with E-state index in [0.29, 0.717) is 5.69 Å². The lowest BCUT2D eigenvalue weighted by molar-refractivity contribution is 1.19. The lowest BCUT2D eigenvalue weighted by Gasteiger charge is -1.96. The molecule has 2 rings (SSSR count). The van der Waals surface area contributed by atoms with Gasteiger partial charge in [-0.2, -0.15) is 5.26 Å². The zero-order valence-corrected chi connectivity index (χ0v) is 7.34. The molecule has 0 bridgehead atoms. The number of nitrogens with zero attached hydrogens (tertiary/aromatic N) is 2. The molecule has 1 aliphatic rings. The van der Waals surface area contributed by atoms with Crippen LogP contribution in [0.1, 0.15) is 18.5 Å². The van der Waals surface area contributed by atoms with Gasteiger partial charge in [0.1, 0.15) is 11.8 Å². The summed E-state index contributed by atoms with van der Waals surface area (Å²) in [5.74, 6) is 0. The van der Waals surface area contributed by atoms with Gasteiger partial charge in [-0.05, 0) is 25.0 Å². The molecule has 0 atom stereocenters. The monoisotopic (exact) mass is 176 g/mol. The fraction of sp³-hybridized carbons (Fsp3) is 0.333. The maximum absolute atomic E-state index is 8.50. The number of hydrogen-bond acceptors (Lipinski definition) is 3. The first-order chi connectivity index (χ1) is 5.88. The Bertz CT molecular complexity index is 308. The topological polar surface area (TPSA) is 36.7 Å². The van der Waals surface area contributed by atoms with Crippen molar-refractivity contribution in [2.75, 3.05) is 0 Å². The average Bonchev–Trinajstić information content (AvgIpc) is 2.90. The van der Waals surface area contributed by atoms with Crippen molar-refractivity contribution in [3.05, 3.63) is 24.0 Å². The molecule has 60 valence electrons. The van der Waals surface area contributed by atoms with Crippen LogP contribution in [0.25, 0.3) is 0 Å². The number of aromatic nitrogens is 1. The summed E-state index contributed by atoms with van der Waals surface area (Å²) in [4.78, 5) is 5.17. The van der Waals surface area contributed by atoms with Gasteiger partial charge in [0.05, 0.1) is 0 Å². The van der Waals surface area contributed by atoms with E-state index >= 15 is 0 Å². The van der Waals surface area contributed by atoms with Gasteiger partial charge >= 0.3 is 0 Å². The predicted octanol–water partition coefficient (Wildman–Crippen LogP) is 2.21. The van der Waals surface area contributed by atoms with Crippen LogP contribution in [0.5, 0.6) is 0 Å². The van der Waals surface area contributed by atoms with Crippen molar-refractivity contribution in [1.82, 2.24) is 4.98 Å². The molecule has 1 aliphatic carbocycles. The first-order valence-corrected chi connectivity index (χ1v) is 4.79. The first kappa shape index (κ1) is 7.63. The molecule has 0 N–H and O–H groups in total. The number of hydrogen-bond donors (Lipinski definition) is 0. The Morgan fingerprint density at radius 2 is 2.33 bits per heavy atom. The minimum Gasteiger partial charge on any atom is -0.244 e. The second-order valence-electron chi connectivity index (χ2n) is 2.81. The quantitative estimate of drug-likeness (QED) is 0.693. The third-order valence-electron chi connectivity index (χ3n) is 1.68. The molecule has 3 heteroatoms. The smallest absolute Gasteiger partial charge is 0.140 e. The van der Waals surface area contributed by atoms with E-state index in [2.05, 4.69) is 4.98 Å². The fourth-order valence-corrected chi connectivity index (χ4v) is 1.91. The molecule has 0 spiro atoms. The van der Waals surface area contributed by atoms with Gasteiger partial charge in [0.2, 0.25) is 0 Å². The maximum atomic E-state index is 8.50. The highest BCUT2D eigenvalue weighted by atomic mass is 32.2. The molecule has 0 amide bonds. The highest BCUT2D eigenvalue weighted by Crippen LogP contribution is 2.38. The molecule has 0 unspecified atom stereocenters. The van der Waals surface area contributed by atoms with Crippen molar-refractivity contribution < 1.29 is 0 Å². The molecular weight excluding hydrogens is 168 g/mol. The van der Waals surface area contributed by atoms with Crippen LogP contribution in [0.3, 0.4) is 0 Å². The molecule has 1 aromatic heterocycles. The molecule has 1 aromatic rings. The van der Waals surface area contributed by atoms with E-state index in [-0.39, 0.29) is 0 Å². The first-order valence-electron chi connectivity index (χ1n) is 3.91. The van der Waals surface area contributed by atoms with Crippen LogP contribution in [0.2, 0.25) is 0 Å². The molecular formula is C9H8N2S. The van der Waals surface area contributed by atoms with Gasteiger partial charge in [-0.3, -0.25) is 0 Å². The van der Waals surface area contributed by atoms with Crippen LogP contribution in [0.4, 0.5) is 0 Å². The van der Waals surface area contributed by atoms with Crippen LogP contribution in [-0.2, 0) is 0 Å². The SMILES string of the molecule is N#Cc1ccc(SC2CC2)cn1. The zero-order valence-electron chi connectivity index (χ0n) is 6.53. The molecule has 0 radical (unpaired) electrons. The van der Waals surface area contributed by atoms with Crippen molar-refractivity contribution in [2.24, 2.45) is 0 Å². The highest BCUT2D eigenvalue weighted by molar-refractivity contribution is 8.00. The third-order valence-corrected chi connectivity index (χ3v) is 3.00. The molecule has 2 nitrogen and oxygen atoms in total. The molecule has 12 heavy (non-hydrogen) atoms. The Hall–Kier alpha value is -1.01. The van der Waals surface area contributed by atoms with E-state index in [1.807, 2.05) is 23.9 Å². The summed E-state index contributed by atoms with van der Waals surface area (Å²) in [6, 6.07) is 5.74. The Kier molecular flexibility index (Phi) is 2.01. The Balaban J connectivity index is 2.08. The third kappa shape index (κ3) is 1.77. The van der Waals surface area contributed by atoms with Crippen molar-refractivity contribution in [2.45, 2.75) is 23.0 Å². The summed E-state index contributed by atoms with van der Waals surface area (Å²) in [6.07, 6.45) is 4.43. The minimum atomic E-state index is 0.496. The second-order valence-corrected chi connectivity index (χ2v) is 4.18. The highest BCUT2D eigenvalue weighted by Gasteiger charge is 2.22. The summed E-state index contributed by atoms with van der Waals surface area (Å²) in [5, 5.41) is 9.31. The van der Waals surface area contributed by atoms with Crippen molar-refractivity contribution in [1.29, 1.82) is 5.26 Å². The van der Waals surface area contributed by atoms with Crippen LogP contribution < -0.4 is 0 Å². The van der Waals surface area contributed by atoms with E-state index in [1.54, 1.807) is 12.3 Å². The number of rotatable bonds is 2. The van der Waals surface area contributed by atoms with Gasteiger partial charge in [-0.25, -0.2) is 4.98 Å². The van der Waals surface area contributed by atoms with Gasteiger partial charge in [0.15, 0.2) is 0 Å². The summed E-state index contributed by atoms with van der Waals surface area (Å²) in [7, 11) is 0. The van der Waals surface area contributed by atoms with E-state index in [9.17, 15) is 0 Å². The minimum absolute atomic E-state index is 0.496. The predicted molar refractivity (Wildman–Crippen MR) is 47.8 cm³/mol. The molecule has 1 heterocycles. The molecule has 0 saturated heterocycles. The lowest BCUT2D eigenvalue weighted by Crippen LogP contribution is -1.82. The normalized spacial score (nSPS) is 15.6. The van der Waals surface area contributed by atoms with E-state index < -0.39 is 0 Å². The lowest BCUT2D eigenvalue weighted by atomic mass is 10.4. The van der Waals surface area contributed by atoms with Gasteiger partial charge in [0.25, 0.3) is 0 Å². The number of thioether (sulfide) groups is 1. The standard InChI is InChI=1S/C9H8N2S/c10-5-7-1-2-9(6-11-7)12-8-3-4-8/h1-2,6,8H,3-4H2. The maximum Gasteiger partial charge on any atom is 0.140 e. The van der Waals surface area contributed by atoms with Crippen molar-refractivity contribution >= 4 is 11.8 Å². The second kappa shape index (κ2) is 3.16. The Morgan fingerprint density at radius 3 is 2.83 bits per heavy atom. The van der Waals surface area contributed by atoms with Crippen LogP contribution in [0, 0.1) is 11.3 Å².